The van der Waals surface area contributed by atoms with Gasteiger partial charge in [0.15, 0.2) is 51.9 Å². The van der Waals surface area contributed by atoms with Crippen molar-refractivity contribution in [3.8, 4) is 28.7 Å². The van der Waals surface area contributed by atoms with Crippen LogP contribution in [0.4, 0.5) is 13.6 Å². The van der Waals surface area contributed by atoms with Gasteiger partial charge in [0.2, 0.25) is 27.1 Å². The number of hydrogen-bond donors (Lipinski definition) is 4. The molecule has 11 aromatic rings. The average molecular weight is 1840 g/mol. The van der Waals surface area contributed by atoms with Crippen molar-refractivity contribution in [2.24, 2.45) is 0 Å². The number of carbonyl (C=O) groups is 8. The summed E-state index contributed by atoms with van der Waals surface area (Å²) in [4.78, 5) is 166. The van der Waals surface area contributed by atoms with Crippen molar-refractivity contribution in [2.45, 2.75) is 182 Å². The van der Waals surface area contributed by atoms with Crippen LogP contribution < -0.4 is 51.4 Å². The summed E-state index contributed by atoms with van der Waals surface area (Å²) in [6, 6.07) is 48.9. The maximum Gasteiger partial charge on any atom is 0.410 e. The fraction of sp³-hybridized carbons (Fsp3) is 0.317. The van der Waals surface area contributed by atoms with Crippen molar-refractivity contribution in [3.63, 3.8) is 0 Å². The Morgan fingerprint density at radius 1 is 0.391 bits per heavy atom. The lowest BCUT2D eigenvalue weighted by Gasteiger charge is -2.29. The molecule has 32 heteroatoms. The van der Waals surface area contributed by atoms with Gasteiger partial charge in [-0.05, 0) is 177 Å². The van der Waals surface area contributed by atoms with E-state index >= 15 is 0 Å². The molecule has 133 heavy (non-hydrogen) atoms. The monoisotopic (exact) mass is 1840 g/mol. The zero-order valence-electron chi connectivity index (χ0n) is 74.9. The summed E-state index contributed by atoms with van der Waals surface area (Å²) in [5.74, 6) is -3.87. The number of carboxylic acids is 1. The molecular weight excluding hydrogens is 1730 g/mol. The number of rotatable bonds is 27. The summed E-state index contributed by atoms with van der Waals surface area (Å²) in [5, 5.41) is 22.2. The summed E-state index contributed by atoms with van der Waals surface area (Å²) in [6.45, 7) is 16.6. The third-order valence-electron chi connectivity index (χ3n) is 22.1. The Kier molecular flexibility index (Phi) is 36.3. The highest BCUT2D eigenvalue weighted by atomic mass is 35.5. The van der Waals surface area contributed by atoms with E-state index in [9.17, 15) is 76.2 Å². The Balaban J connectivity index is 0.000000174. The van der Waals surface area contributed by atoms with Crippen molar-refractivity contribution >= 4 is 59.4 Å². The molecule has 5 aromatic heterocycles. The van der Waals surface area contributed by atoms with E-state index in [1.54, 1.807) is 54.8 Å². The first-order valence-electron chi connectivity index (χ1n) is 43.4. The summed E-state index contributed by atoms with van der Waals surface area (Å²) in [7, 11) is 0. The first kappa shape index (κ1) is 101. The smallest absolute Gasteiger partial charge is 0.410 e. The molecule has 6 aromatic carbocycles. The van der Waals surface area contributed by atoms with Crippen molar-refractivity contribution < 1.29 is 81.0 Å². The predicted octanol–water partition coefficient (Wildman–Crippen LogP) is 14.8. The van der Waals surface area contributed by atoms with Gasteiger partial charge in [-0.15, -0.1) is 12.4 Å². The summed E-state index contributed by atoms with van der Waals surface area (Å²) in [6.07, 6.45) is 21.5. The molecule has 9 heterocycles. The molecule has 0 aliphatic carbocycles. The number of carboxylic acid groups (broad SMARTS) is 1. The Morgan fingerprint density at radius 2 is 0.722 bits per heavy atom. The highest BCUT2D eigenvalue weighted by Crippen LogP contribution is 2.28. The van der Waals surface area contributed by atoms with Crippen LogP contribution in [0.15, 0.2) is 256 Å². The minimum absolute atomic E-state index is 0. The maximum absolute atomic E-state index is 13.2. The van der Waals surface area contributed by atoms with Crippen LogP contribution in [-0.4, -0.2) is 151 Å². The summed E-state index contributed by atoms with van der Waals surface area (Å²) >= 11 is 0. The molecule has 4 fully saturated rings. The third kappa shape index (κ3) is 28.8. The SMILES string of the molecule is CC(=O)c1c[nH]cc(OCc2ccccc2)c1=O.CC(=O)c1cn(C[C@@H]2CCCN2)cc(OCc2ccccc2)c1=O.CC(=O)c1cn(C[C@@H]2CCCN2C(=O)OC(C)(C)C)cc(OCc2ccccc2)c1=O.CC(=O)c1cn(C[C@@H]2CCCN2C(=O)c2ccc(F)cc2)cc(OCc2ccccc2)c1=O.Cl.O=C(O)c1cn(C[C@@H]2CCCN2C(=O)c2ccc(F)cc2)cc(O)c1=O. The lowest BCUT2D eigenvalue weighted by molar-refractivity contribution is 0.0212. The van der Waals surface area contributed by atoms with E-state index < -0.39 is 50.8 Å². The second kappa shape index (κ2) is 47.9. The number of aromatic nitrogens is 5. The topological polar surface area (TPSA) is 366 Å². The number of ketones is 4. The van der Waals surface area contributed by atoms with Crippen LogP contribution in [0.2, 0.25) is 0 Å². The number of H-pyrrole nitrogens is 1. The van der Waals surface area contributed by atoms with Crippen LogP contribution in [0, 0.1) is 11.6 Å². The summed E-state index contributed by atoms with van der Waals surface area (Å²) in [5.41, 5.74) is 1.37. The molecule has 698 valence electrons. The van der Waals surface area contributed by atoms with Gasteiger partial charge < -0.3 is 77.2 Å². The molecule has 4 N–H and O–H groups in total. The van der Waals surface area contributed by atoms with Gasteiger partial charge in [-0.2, -0.15) is 0 Å². The number of benzene rings is 6. The Labute approximate surface area is 772 Å². The first-order valence-corrected chi connectivity index (χ1v) is 43.4. The minimum Gasteiger partial charge on any atom is -0.503 e. The van der Waals surface area contributed by atoms with E-state index in [0.29, 0.717) is 69.5 Å². The highest BCUT2D eigenvalue weighted by molar-refractivity contribution is 5.97. The molecule has 4 atom stereocenters. The third-order valence-corrected chi connectivity index (χ3v) is 22.1. The van der Waals surface area contributed by atoms with Gasteiger partial charge in [-0.1, -0.05) is 121 Å². The first-order chi connectivity index (χ1) is 63.2. The van der Waals surface area contributed by atoms with E-state index in [4.69, 9.17) is 28.8 Å². The number of amides is 3. The fourth-order valence-corrected chi connectivity index (χ4v) is 15.4. The van der Waals surface area contributed by atoms with Gasteiger partial charge in [-0.3, -0.25) is 52.7 Å². The molecule has 4 saturated heterocycles. The quantitative estimate of drug-likeness (QED) is 0.0347. The number of aromatic carboxylic acids is 1. The van der Waals surface area contributed by atoms with Crippen molar-refractivity contribution in [1.82, 2.24) is 43.3 Å². The minimum atomic E-state index is -1.43. The van der Waals surface area contributed by atoms with E-state index in [1.165, 1.54) is 99.4 Å². The number of halogens is 3. The molecule has 0 spiro atoms. The van der Waals surface area contributed by atoms with E-state index in [1.807, 2.05) is 147 Å². The number of aromatic amines is 1. The molecule has 3 amide bonds. The van der Waals surface area contributed by atoms with Crippen LogP contribution in [0.25, 0.3) is 0 Å². The van der Waals surface area contributed by atoms with Crippen molar-refractivity contribution in [2.75, 3.05) is 26.2 Å². The molecule has 15 rings (SSSR count). The number of carbonyl (C=O) groups excluding carboxylic acids is 7. The molecule has 0 unspecified atom stereocenters. The van der Waals surface area contributed by atoms with Crippen LogP contribution >= 0.6 is 12.4 Å². The Morgan fingerprint density at radius 3 is 1.07 bits per heavy atom. The lowest BCUT2D eigenvalue weighted by Crippen LogP contribution is -2.41. The molecule has 4 aliphatic rings. The number of hydrogen-bond acceptors (Lipinski definition) is 20. The second-order valence-electron chi connectivity index (χ2n) is 33.3. The van der Waals surface area contributed by atoms with Gasteiger partial charge in [0.25, 0.3) is 11.8 Å². The van der Waals surface area contributed by atoms with Crippen molar-refractivity contribution in [1.29, 1.82) is 0 Å². The zero-order valence-corrected chi connectivity index (χ0v) is 75.7. The Bertz CT molecular complexity index is 6200. The maximum atomic E-state index is 13.2. The number of likely N-dealkylation sites (tertiary alicyclic amines) is 3. The number of nitrogens with one attached hydrogen (secondary N) is 2. The highest BCUT2D eigenvalue weighted by Gasteiger charge is 2.35. The normalized spacial score (nSPS) is 15.3. The van der Waals surface area contributed by atoms with Crippen LogP contribution in [0.3, 0.4) is 0 Å². The largest absolute Gasteiger partial charge is 0.503 e. The Hall–Kier alpha value is -14.5. The van der Waals surface area contributed by atoms with Gasteiger partial charge >= 0.3 is 12.1 Å². The molecule has 0 bridgehead atoms. The van der Waals surface area contributed by atoms with E-state index in [2.05, 4.69) is 10.3 Å². The number of Topliss-reactive ketones (excluding diaryl/α,β-unsaturated/α-hetero) is 4. The molecule has 0 radical (unpaired) electrons. The fourth-order valence-electron chi connectivity index (χ4n) is 15.4. The molecular formula is C101H108ClF2N9O20. The van der Waals surface area contributed by atoms with Crippen molar-refractivity contribution in [3.05, 3.63) is 356 Å². The standard InChI is InChI=1S/C26H25FN2O4.C24H30N2O5.C19H22N2O3.C18H17FN2O5.C14H13NO3.ClH/c1-18(30)23-15-28(16-24(25(23)31)33-17-19-6-3-2-4-7-19)14-22-8-5-13-29(22)26(32)20-9-11-21(27)12-10-20;1-17(27)20-14-25(13-19-11-8-12-26(19)23(29)31-24(2,3)4)15-21(22(20)28)30-16-18-9-6-5-7-10-18;1-14(22)17-11-21(10-16-8-5-9-20-16)12-18(19(17)23)24-13-15-6-3-2-4-7-15;19-12-5-3-11(4-6-12)17(24)21-7-1-2-13(21)8-20-9-14(18(25)26)16(23)15(22)10-20;1-10(16)12-7-15-8-13(14(12)17)18-9-11-5-3-2-4-6-11;/h2-4,6-7,9-12,15-16,22H,5,8,13-14,17H2,1H3;5-7,9-10,14-15,19H,8,11-13,16H2,1-4H3;2-4,6-7,11-12,16,20H,5,8-10,13H2,1H3;3-6,9-10,13,22H,1-2,7-8H2,(H,25,26);2-8H,9H2,1H3,(H,15,17);1H/t22-;19-;16-;13-;;/m0000../s1. The number of ether oxygens (including phenoxy) is 5. The average Bonchev–Trinajstić information content (AvgIpc) is 1.76. The van der Waals surface area contributed by atoms with Crippen LogP contribution in [-0.2, 0) is 57.3 Å². The number of pyridine rings is 5. The zero-order chi connectivity index (χ0) is 94.7. The van der Waals surface area contributed by atoms with E-state index in [-0.39, 0.29) is 147 Å². The lowest BCUT2D eigenvalue weighted by atomic mass is 10.1. The predicted molar refractivity (Wildman–Crippen MR) is 497 cm³/mol. The second-order valence-corrected chi connectivity index (χ2v) is 33.3. The van der Waals surface area contributed by atoms with Gasteiger partial charge in [-0.25, -0.2) is 18.4 Å². The van der Waals surface area contributed by atoms with Crippen LogP contribution in [0.5, 0.6) is 28.7 Å². The molecule has 0 saturated carbocycles. The van der Waals surface area contributed by atoms with Gasteiger partial charge in [0.1, 0.15) is 49.2 Å². The van der Waals surface area contributed by atoms with E-state index in [0.717, 1.165) is 92.7 Å². The number of aromatic hydroxyl groups is 1. The van der Waals surface area contributed by atoms with Gasteiger partial charge in [0, 0.05) is 118 Å². The summed E-state index contributed by atoms with van der Waals surface area (Å²) < 4.78 is 61.3. The molecule has 4 aliphatic heterocycles. The van der Waals surface area contributed by atoms with Gasteiger partial charge in [0.05, 0.1) is 46.9 Å². The number of nitrogens with zero attached hydrogens (tertiary/aromatic N) is 7. The molecule has 29 nitrogen and oxygen atoms in total. The van der Waals surface area contributed by atoms with Crippen LogP contribution in [0.1, 0.15) is 195 Å².